The molecule has 0 bridgehead atoms. The number of carbonyl (C=O) groups is 1. The highest BCUT2D eigenvalue weighted by molar-refractivity contribution is 6.30. The van der Waals surface area contributed by atoms with Crippen LogP contribution in [-0.4, -0.2) is 10.9 Å². The van der Waals surface area contributed by atoms with Crippen molar-refractivity contribution in [2.45, 2.75) is 0 Å². The molecular weight excluding hydrogens is 178 g/mol. The van der Waals surface area contributed by atoms with Crippen molar-refractivity contribution in [2.24, 2.45) is 0 Å². The van der Waals surface area contributed by atoms with Crippen LogP contribution in [-0.2, 0) is 0 Å². The van der Waals surface area contributed by atoms with Crippen molar-refractivity contribution in [3.63, 3.8) is 0 Å². The van der Waals surface area contributed by atoms with Crippen molar-refractivity contribution in [1.29, 1.82) is 5.26 Å². The molecule has 0 aliphatic carbocycles. The molecule has 4 nitrogen and oxygen atoms in total. The predicted molar refractivity (Wildman–Crippen MR) is 42.3 cm³/mol. The zero-order valence-corrected chi connectivity index (χ0v) is 6.67. The van der Waals surface area contributed by atoms with Crippen LogP contribution in [0.5, 0.6) is 0 Å². The molecule has 0 radical (unpaired) electrons. The van der Waals surface area contributed by atoms with Gasteiger partial charge in [-0.2, -0.15) is 5.26 Å². The first-order chi connectivity index (χ1) is 5.74. The Morgan fingerprint density at radius 3 is 2.92 bits per heavy atom. The molecule has 0 saturated heterocycles. The normalized spacial score (nSPS) is 8.67. The van der Waals surface area contributed by atoms with Crippen LogP contribution in [0.3, 0.4) is 0 Å². The van der Waals surface area contributed by atoms with E-state index in [0.29, 0.717) is 5.02 Å². The average molecular weight is 182 g/mol. The maximum Gasteiger partial charge on any atom is 0.282 e. The Bertz CT molecular complexity index is 327. The van der Waals surface area contributed by atoms with Gasteiger partial charge < -0.3 is 0 Å². The number of rotatable bonds is 1. The summed E-state index contributed by atoms with van der Waals surface area (Å²) in [4.78, 5) is 14.6. The number of amides is 1. The Kier molecular flexibility index (Phi) is 2.62. The first-order valence-corrected chi connectivity index (χ1v) is 3.43. The van der Waals surface area contributed by atoms with E-state index in [9.17, 15) is 4.79 Å². The molecule has 0 unspecified atom stereocenters. The second kappa shape index (κ2) is 3.69. The molecule has 5 heteroatoms. The van der Waals surface area contributed by atoms with Gasteiger partial charge in [-0.05, 0) is 12.1 Å². The molecular formula is C7H4ClN3O. The molecule has 1 heterocycles. The summed E-state index contributed by atoms with van der Waals surface area (Å²) in [6.07, 6.45) is 2.85. The summed E-state index contributed by atoms with van der Waals surface area (Å²) in [5.41, 5.74) is 0.168. The summed E-state index contributed by atoms with van der Waals surface area (Å²) in [5, 5.41) is 10.5. The van der Waals surface area contributed by atoms with E-state index in [1.54, 1.807) is 0 Å². The number of hydrogen-bond donors (Lipinski definition) is 1. The van der Waals surface area contributed by atoms with Crippen LogP contribution in [0.15, 0.2) is 18.3 Å². The topological polar surface area (TPSA) is 65.8 Å². The summed E-state index contributed by atoms with van der Waals surface area (Å²) in [6.45, 7) is 0. The zero-order valence-electron chi connectivity index (χ0n) is 5.91. The van der Waals surface area contributed by atoms with Crippen LogP contribution in [0.2, 0.25) is 5.02 Å². The minimum absolute atomic E-state index is 0.168. The maximum absolute atomic E-state index is 10.9. The number of nitriles is 1. The largest absolute Gasteiger partial charge is 0.282 e. The Hall–Kier alpha value is -1.60. The second-order valence-electron chi connectivity index (χ2n) is 1.93. The van der Waals surface area contributed by atoms with Crippen molar-refractivity contribution >= 4 is 17.5 Å². The third-order valence-corrected chi connectivity index (χ3v) is 1.35. The van der Waals surface area contributed by atoms with Gasteiger partial charge in [0.25, 0.3) is 5.91 Å². The first kappa shape index (κ1) is 8.50. The molecule has 1 amide bonds. The minimum atomic E-state index is -0.533. The van der Waals surface area contributed by atoms with Crippen LogP contribution in [0.4, 0.5) is 0 Å². The molecule has 0 fully saturated rings. The van der Waals surface area contributed by atoms with Crippen LogP contribution in [0.25, 0.3) is 0 Å². The van der Waals surface area contributed by atoms with Crippen molar-refractivity contribution < 1.29 is 4.79 Å². The number of aromatic nitrogens is 1. The molecule has 0 saturated carbocycles. The fourth-order valence-electron chi connectivity index (χ4n) is 0.625. The van der Waals surface area contributed by atoms with E-state index in [2.05, 4.69) is 4.98 Å². The molecule has 60 valence electrons. The van der Waals surface area contributed by atoms with Crippen LogP contribution >= 0.6 is 11.6 Å². The Morgan fingerprint density at radius 2 is 2.42 bits per heavy atom. The number of carbonyl (C=O) groups excluding carboxylic acids is 1. The van der Waals surface area contributed by atoms with E-state index < -0.39 is 5.91 Å². The standard InChI is InChI=1S/C7H4ClN3O/c8-5-1-2-6(10-3-5)7(12)11-4-9/h1-3H,(H,11,12). The van der Waals surface area contributed by atoms with Crippen molar-refractivity contribution in [1.82, 2.24) is 10.3 Å². The molecule has 1 aromatic heterocycles. The fraction of sp³-hybridized carbons (Fsp3) is 0. The third kappa shape index (κ3) is 1.94. The lowest BCUT2D eigenvalue weighted by Gasteiger charge is -1.95. The van der Waals surface area contributed by atoms with Gasteiger partial charge in [0.15, 0.2) is 6.19 Å². The van der Waals surface area contributed by atoms with Gasteiger partial charge in [-0.15, -0.1) is 0 Å². The van der Waals surface area contributed by atoms with E-state index in [1.165, 1.54) is 24.5 Å². The van der Waals surface area contributed by atoms with E-state index in [1.807, 2.05) is 5.32 Å². The van der Waals surface area contributed by atoms with E-state index >= 15 is 0 Å². The highest BCUT2D eigenvalue weighted by Gasteiger charge is 2.04. The number of halogens is 1. The van der Waals surface area contributed by atoms with E-state index in [4.69, 9.17) is 16.9 Å². The fourth-order valence-corrected chi connectivity index (χ4v) is 0.737. The van der Waals surface area contributed by atoms with Gasteiger partial charge in [0.1, 0.15) is 5.69 Å². The van der Waals surface area contributed by atoms with Crippen LogP contribution < -0.4 is 5.32 Å². The van der Waals surface area contributed by atoms with Gasteiger partial charge in [-0.3, -0.25) is 10.1 Å². The molecule has 0 aliphatic heterocycles. The predicted octanol–water partition coefficient (Wildman–Crippen LogP) is 0.946. The summed E-state index contributed by atoms with van der Waals surface area (Å²) in [5.74, 6) is -0.533. The maximum atomic E-state index is 10.9. The third-order valence-electron chi connectivity index (χ3n) is 1.13. The molecule has 0 aromatic carbocycles. The van der Waals surface area contributed by atoms with Crippen molar-refractivity contribution in [3.8, 4) is 6.19 Å². The smallest absolute Gasteiger partial charge is 0.266 e. The molecule has 12 heavy (non-hydrogen) atoms. The van der Waals surface area contributed by atoms with Gasteiger partial charge in [-0.25, -0.2) is 4.98 Å². The summed E-state index contributed by atoms with van der Waals surface area (Å²) in [6, 6.07) is 2.97. The number of hydrogen-bond acceptors (Lipinski definition) is 3. The SMILES string of the molecule is N#CNC(=O)c1ccc(Cl)cn1. The van der Waals surface area contributed by atoms with Crippen LogP contribution in [0, 0.1) is 11.5 Å². The molecule has 1 rings (SSSR count). The lowest BCUT2D eigenvalue weighted by molar-refractivity contribution is 0.0968. The van der Waals surface area contributed by atoms with E-state index in [-0.39, 0.29) is 5.69 Å². The van der Waals surface area contributed by atoms with Gasteiger partial charge >= 0.3 is 0 Å². The Morgan fingerprint density at radius 1 is 1.67 bits per heavy atom. The highest BCUT2D eigenvalue weighted by Crippen LogP contribution is 2.05. The van der Waals surface area contributed by atoms with Crippen molar-refractivity contribution in [2.75, 3.05) is 0 Å². The lowest BCUT2D eigenvalue weighted by Crippen LogP contribution is -2.18. The van der Waals surface area contributed by atoms with Gasteiger partial charge in [0, 0.05) is 6.20 Å². The quantitative estimate of drug-likeness (QED) is 0.518. The van der Waals surface area contributed by atoms with Gasteiger partial charge in [-0.1, -0.05) is 11.6 Å². The monoisotopic (exact) mass is 181 g/mol. The molecule has 1 aromatic rings. The number of nitrogens with zero attached hydrogens (tertiary/aromatic N) is 2. The first-order valence-electron chi connectivity index (χ1n) is 3.05. The number of pyridine rings is 1. The Balaban J connectivity index is 2.84. The van der Waals surface area contributed by atoms with Gasteiger partial charge in [0.05, 0.1) is 5.02 Å². The summed E-state index contributed by atoms with van der Waals surface area (Å²) >= 11 is 5.53. The van der Waals surface area contributed by atoms with Gasteiger partial charge in [0.2, 0.25) is 0 Å². The zero-order chi connectivity index (χ0) is 8.97. The molecule has 1 N–H and O–H groups in total. The molecule has 0 aliphatic rings. The number of nitrogens with one attached hydrogen (secondary N) is 1. The molecule has 0 atom stereocenters. The summed E-state index contributed by atoms with van der Waals surface area (Å²) < 4.78 is 0. The summed E-state index contributed by atoms with van der Waals surface area (Å²) in [7, 11) is 0. The van der Waals surface area contributed by atoms with Crippen LogP contribution in [0.1, 0.15) is 10.5 Å². The average Bonchev–Trinajstić information content (AvgIpc) is 2.06. The minimum Gasteiger partial charge on any atom is -0.266 e. The Labute approximate surface area is 73.8 Å². The van der Waals surface area contributed by atoms with E-state index in [0.717, 1.165) is 0 Å². The molecule has 0 spiro atoms. The second-order valence-corrected chi connectivity index (χ2v) is 2.36. The lowest BCUT2D eigenvalue weighted by atomic mass is 10.3. The highest BCUT2D eigenvalue weighted by atomic mass is 35.5. The van der Waals surface area contributed by atoms with Crippen molar-refractivity contribution in [3.05, 3.63) is 29.0 Å².